The third-order valence-corrected chi connectivity index (χ3v) is 2.02. The zero-order valence-electron chi connectivity index (χ0n) is 7.91. The Bertz CT molecular complexity index is 342. The Kier molecular flexibility index (Phi) is 2.18. The topological polar surface area (TPSA) is 159 Å². The van der Waals surface area contributed by atoms with Crippen molar-refractivity contribution in [3.8, 4) is 0 Å². The van der Waals surface area contributed by atoms with E-state index in [2.05, 4.69) is 0 Å². The summed E-state index contributed by atoms with van der Waals surface area (Å²) in [6, 6.07) is 0. The molecule has 0 aliphatic heterocycles. The molecule has 0 fully saturated rings. The maximum atomic E-state index is 5.69. The molecule has 0 unspecified atom stereocenters. The third kappa shape index (κ3) is 1.19. The van der Waals surface area contributed by atoms with Gasteiger partial charge in [-0.1, -0.05) is 0 Å². The molecule has 0 spiro atoms. The van der Waals surface area contributed by atoms with E-state index in [0.29, 0.717) is 5.69 Å². The molecule has 1 aromatic carbocycles. The number of nitrogens with two attached hydrogens (primary N) is 6. The van der Waals surface area contributed by atoms with E-state index >= 15 is 0 Å². The molecule has 0 saturated heterocycles. The van der Waals surface area contributed by atoms with Gasteiger partial charge in [0.2, 0.25) is 0 Å². The van der Waals surface area contributed by atoms with Crippen LogP contribution in [-0.2, 0) is 0 Å². The summed E-state index contributed by atoms with van der Waals surface area (Å²) in [6.45, 7) is 0. The van der Waals surface area contributed by atoms with E-state index in [4.69, 9.17) is 34.5 Å². The maximum Gasteiger partial charge on any atom is 0.102 e. The Morgan fingerprint density at radius 1 is 0.714 bits per heavy atom. The van der Waals surface area contributed by atoms with Crippen molar-refractivity contribution in [2.75, 3.05) is 40.7 Å². The fraction of sp³-hybridized carbons (Fsp3) is 0.143. The van der Waals surface area contributed by atoms with Crippen molar-refractivity contribution in [2.45, 2.75) is 0 Å². The predicted octanol–water partition coefficient (Wildman–Crippen LogP) is -1.09. The minimum absolute atomic E-state index is 0.186. The third-order valence-electron chi connectivity index (χ3n) is 2.02. The first-order chi connectivity index (χ1) is 6.37. The van der Waals surface area contributed by atoms with Crippen molar-refractivity contribution in [2.24, 2.45) is 5.84 Å². The number of anilines is 6. The highest BCUT2D eigenvalue weighted by Crippen LogP contribution is 2.42. The number of nitrogens with zero attached hydrogens (tertiary/aromatic N) is 1. The molecule has 0 saturated carbocycles. The highest BCUT2D eigenvalue weighted by Gasteiger charge is 2.17. The Balaban J connectivity index is 3.60. The first-order valence-corrected chi connectivity index (χ1v) is 3.87. The molecule has 0 atom stereocenters. The second-order valence-corrected chi connectivity index (χ2v) is 3.03. The van der Waals surface area contributed by atoms with Crippen molar-refractivity contribution >= 4 is 34.1 Å². The SMILES string of the molecule is CN(N)c1c(N)c(N)c(N)c(N)c1N. The summed E-state index contributed by atoms with van der Waals surface area (Å²) in [5.41, 5.74) is 29.6. The average Bonchev–Trinajstić information content (AvgIpc) is 2.11. The van der Waals surface area contributed by atoms with Gasteiger partial charge in [0.1, 0.15) is 5.69 Å². The van der Waals surface area contributed by atoms with Gasteiger partial charge in [-0.15, -0.1) is 0 Å². The Morgan fingerprint density at radius 2 is 1.00 bits per heavy atom. The highest BCUT2D eigenvalue weighted by molar-refractivity contribution is 6.03. The lowest BCUT2D eigenvalue weighted by Crippen LogP contribution is -2.28. The second-order valence-electron chi connectivity index (χ2n) is 3.03. The zero-order chi connectivity index (χ0) is 11.0. The Morgan fingerprint density at radius 3 is 1.29 bits per heavy atom. The number of rotatable bonds is 1. The molecule has 12 N–H and O–H groups in total. The molecule has 0 bridgehead atoms. The van der Waals surface area contributed by atoms with Crippen LogP contribution in [0, 0.1) is 0 Å². The molecule has 0 heterocycles. The molecule has 7 nitrogen and oxygen atoms in total. The molecule has 0 aromatic heterocycles. The lowest BCUT2D eigenvalue weighted by atomic mass is 10.1. The molecule has 14 heavy (non-hydrogen) atoms. The summed E-state index contributed by atoms with van der Waals surface area (Å²) in [7, 11) is 1.58. The van der Waals surface area contributed by atoms with Gasteiger partial charge >= 0.3 is 0 Å². The van der Waals surface area contributed by atoms with Crippen LogP contribution >= 0.6 is 0 Å². The average molecular weight is 197 g/mol. The smallest absolute Gasteiger partial charge is 0.102 e. The van der Waals surface area contributed by atoms with Crippen molar-refractivity contribution in [3.05, 3.63) is 0 Å². The normalized spacial score (nSPS) is 10.1. The van der Waals surface area contributed by atoms with Gasteiger partial charge in [-0.3, -0.25) is 0 Å². The first kappa shape index (κ1) is 10.1. The Hall–Kier alpha value is -2.02. The predicted molar refractivity (Wildman–Crippen MR) is 61.1 cm³/mol. The maximum absolute atomic E-state index is 5.69. The molecule has 1 rings (SSSR count). The fourth-order valence-corrected chi connectivity index (χ4v) is 1.22. The van der Waals surface area contributed by atoms with Crippen molar-refractivity contribution in [1.82, 2.24) is 0 Å². The van der Waals surface area contributed by atoms with Crippen molar-refractivity contribution in [1.29, 1.82) is 0 Å². The summed E-state index contributed by atoms with van der Waals surface area (Å²) in [4.78, 5) is 0. The molecule has 0 radical (unpaired) electrons. The Labute approximate surface area is 81.6 Å². The summed E-state index contributed by atoms with van der Waals surface area (Å²) in [5.74, 6) is 5.52. The number of hydrazine groups is 1. The minimum Gasteiger partial charge on any atom is -0.395 e. The van der Waals surface area contributed by atoms with Crippen LogP contribution in [0.3, 0.4) is 0 Å². The van der Waals surface area contributed by atoms with Crippen LogP contribution in [0.25, 0.3) is 0 Å². The number of nitrogen functional groups attached to an aromatic ring is 5. The van der Waals surface area contributed by atoms with Gasteiger partial charge in [-0.25, -0.2) is 5.84 Å². The number of hydrogen-bond acceptors (Lipinski definition) is 7. The van der Waals surface area contributed by atoms with E-state index in [9.17, 15) is 0 Å². The van der Waals surface area contributed by atoms with Crippen molar-refractivity contribution < 1.29 is 0 Å². The molecule has 0 aliphatic carbocycles. The molecule has 78 valence electrons. The molecular weight excluding hydrogens is 182 g/mol. The lowest BCUT2D eigenvalue weighted by molar-refractivity contribution is 1.02. The van der Waals surface area contributed by atoms with E-state index < -0.39 is 0 Å². The summed E-state index contributed by atoms with van der Waals surface area (Å²) >= 11 is 0. The monoisotopic (exact) mass is 197 g/mol. The fourth-order valence-electron chi connectivity index (χ4n) is 1.22. The highest BCUT2D eigenvalue weighted by atomic mass is 15.4. The second kappa shape index (κ2) is 3.04. The quantitative estimate of drug-likeness (QED) is 0.189. The first-order valence-electron chi connectivity index (χ1n) is 3.87. The molecule has 1 aromatic rings. The molecular formula is C7H15N7. The van der Waals surface area contributed by atoms with E-state index in [1.54, 1.807) is 7.05 Å². The molecule has 7 heteroatoms. The van der Waals surface area contributed by atoms with E-state index in [1.807, 2.05) is 0 Å². The van der Waals surface area contributed by atoms with Gasteiger partial charge in [0, 0.05) is 7.05 Å². The van der Waals surface area contributed by atoms with Crippen LogP contribution < -0.4 is 39.5 Å². The van der Waals surface area contributed by atoms with E-state index in [-0.39, 0.29) is 28.4 Å². The standard InChI is InChI=1S/C7H15N7/c1-14(13)7-5(11)3(9)2(8)4(10)6(7)12/h8-13H2,1H3. The van der Waals surface area contributed by atoms with Gasteiger partial charge in [-0.2, -0.15) is 0 Å². The van der Waals surface area contributed by atoms with Gasteiger partial charge < -0.3 is 33.7 Å². The van der Waals surface area contributed by atoms with Crippen LogP contribution in [0.2, 0.25) is 0 Å². The van der Waals surface area contributed by atoms with Crippen LogP contribution in [0.4, 0.5) is 34.1 Å². The van der Waals surface area contributed by atoms with Gasteiger partial charge in [0.05, 0.1) is 28.4 Å². The van der Waals surface area contributed by atoms with E-state index in [1.165, 1.54) is 5.01 Å². The van der Waals surface area contributed by atoms with Crippen LogP contribution in [-0.4, -0.2) is 7.05 Å². The summed E-state index contributed by atoms with van der Waals surface area (Å²) in [5, 5.41) is 1.25. The minimum atomic E-state index is 0.186. The van der Waals surface area contributed by atoms with Crippen LogP contribution in [0.15, 0.2) is 0 Å². The van der Waals surface area contributed by atoms with Crippen LogP contribution in [0.5, 0.6) is 0 Å². The molecule has 0 aliphatic rings. The molecule has 0 amide bonds. The number of hydrogen-bond donors (Lipinski definition) is 6. The van der Waals surface area contributed by atoms with Crippen molar-refractivity contribution in [3.63, 3.8) is 0 Å². The van der Waals surface area contributed by atoms with Gasteiger partial charge in [0.15, 0.2) is 0 Å². The van der Waals surface area contributed by atoms with E-state index in [0.717, 1.165) is 0 Å². The lowest BCUT2D eigenvalue weighted by Gasteiger charge is -2.21. The van der Waals surface area contributed by atoms with Gasteiger partial charge in [0.25, 0.3) is 0 Å². The summed E-state index contributed by atoms with van der Waals surface area (Å²) < 4.78 is 0. The zero-order valence-corrected chi connectivity index (χ0v) is 7.91. The largest absolute Gasteiger partial charge is 0.395 e. The number of benzene rings is 1. The summed E-state index contributed by atoms with van der Waals surface area (Å²) in [6.07, 6.45) is 0. The van der Waals surface area contributed by atoms with Crippen LogP contribution in [0.1, 0.15) is 0 Å². The van der Waals surface area contributed by atoms with Gasteiger partial charge in [-0.05, 0) is 0 Å².